The van der Waals surface area contributed by atoms with E-state index in [4.69, 9.17) is 4.74 Å². The Balaban J connectivity index is 2.15. The minimum atomic E-state index is 0.425. The molecule has 15 heavy (non-hydrogen) atoms. The number of methoxy groups -OCH3 is 1. The third-order valence-corrected chi connectivity index (χ3v) is 2.49. The van der Waals surface area contributed by atoms with Crippen LogP contribution < -0.4 is 5.32 Å². The van der Waals surface area contributed by atoms with Crippen molar-refractivity contribution in [3.8, 4) is 0 Å². The monoisotopic (exact) mass is 275 g/mol. The van der Waals surface area contributed by atoms with Crippen LogP contribution in [-0.2, 0) is 11.3 Å². The van der Waals surface area contributed by atoms with Gasteiger partial charge in [0.1, 0.15) is 0 Å². The van der Waals surface area contributed by atoms with Crippen LogP contribution in [-0.4, -0.2) is 36.1 Å². The zero-order valence-corrected chi connectivity index (χ0v) is 10.8. The maximum atomic E-state index is 4.98. The summed E-state index contributed by atoms with van der Waals surface area (Å²) in [4.78, 5) is 0. The van der Waals surface area contributed by atoms with E-state index in [-0.39, 0.29) is 0 Å². The van der Waals surface area contributed by atoms with Gasteiger partial charge in [0.05, 0.1) is 17.2 Å². The zero-order valence-electron chi connectivity index (χ0n) is 9.24. The van der Waals surface area contributed by atoms with Crippen LogP contribution in [0.3, 0.4) is 0 Å². The normalized spacial score (nSPS) is 13.0. The van der Waals surface area contributed by atoms with E-state index < -0.39 is 0 Å². The second-order valence-electron chi connectivity index (χ2n) is 3.58. The zero-order chi connectivity index (χ0) is 11.1. The largest absolute Gasteiger partial charge is 0.385 e. The minimum Gasteiger partial charge on any atom is -0.385 e. The van der Waals surface area contributed by atoms with Gasteiger partial charge in [0.25, 0.3) is 0 Å². The second-order valence-corrected chi connectivity index (χ2v) is 4.50. The van der Waals surface area contributed by atoms with Crippen molar-refractivity contribution >= 4 is 15.9 Å². The maximum Gasteiger partial charge on any atom is 0.0632 e. The Morgan fingerprint density at radius 3 is 3.07 bits per heavy atom. The molecule has 1 unspecified atom stereocenters. The second kappa shape index (κ2) is 6.98. The molecule has 1 rings (SSSR count). The first kappa shape index (κ1) is 12.7. The van der Waals surface area contributed by atoms with Gasteiger partial charge < -0.3 is 10.1 Å². The first-order valence-corrected chi connectivity index (χ1v) is 5.92. The van der Waals surface area contributed by atoms with Gasteiger partial charge in [0.15, 0.2) is 0 Å². The molecule has 1 aromatic rings. The molecule has 0 fully saturated rings. The standard InChI is InChI=1S/C10H18BrN3O/c1-9(12-4-3-5-15-2)7-14-8-10(11)6-13-14/h6,8-9,12H,3-5,7H2,1-2H3. The van der Waals surface area contributed by atoms with Gasteiger partial charge >= 0.3 is 0 Å². The maximum absolute atomic E-state index is 4.98. The van der Waals surface area contributed by atoms with Crippen molar-refractivity contribution in [1.29, 1.82) is 0 Å². The predicted molar refractivity (Wildman–Crippen MR) is 63.9 cm³/mol. The molecule has 0 saturated heterocycles. The molecule has 0 radical (unpaired) electrons. The Kier molecular flexibility index (Phi) is 5.90. The van der Waals surface area contributed by atoms with Gasteiger partial charge in [-0.3, -0.25) is 4.68 Å². The van der Waals surface area contributed by atoms with Gasteiger partial charge in [0.2, 0.25) is 0 Å². The highest BCUT2D eigenvalue weighted by Gasteiger charge is 2.02. The first-order chi connectivity index (χ1) is 7.22. The van der Waals surface area contributed by atoms with Crippen molar-refractivity contribution in [3.05, 3.63) is 16.9 Å². The molecule has 0 bridgehead atoms. The molecule has 5 heteroatoms. The van der Waals surface area contributed by atoms with Crippen molar-refractivity contribution in [1.82, 2.24) is 15.1 Å². The van der Waals surface area contributed by atoms with Crippen LogP contribution in [0.25, 0.3) is 0 Å². The van der Waals surface area contributed by atoms with E-state index in [1.54, 1.807) is 13.3 Å². The third-order valence-electron chi connectivity index (χ3n) is 2.08. The van der Waals surface area contributed by atoms with Gasteiger partial charge in [-0.15, -0.1) is 0 Å². The highest BCUT2D eigenvalue weighted by Crippen LogP contribution is 2.06. The molecule has 0 aromatic carbocycles. The molecule has 1 N–H and O–H groups in total. The van der Waals surface area contributed by atoms with Crippen molar-refractivity contribution in [2.45, 2.75) is 25.9 Å². The van der Waals surface area contributed by atoms with Crippen LogP contribution in [0.15, 0.2) is 16.9 Å². The topological polar surface area (TPSA) is 39.1 Å². The summed E-state index contributed by atoms with van der Waals surface area (Å²) in [7, 11) is 1.73. The van der Waals surface area contributed by atoms with Crippen molar-refractivity contribution < 1.29 is 4.74 Å². The highest BCUT2D eigenvalue weighted by molar-refractivity contribution is 9.10. The Bertz CT molecular complexity index is 277. The molecule has 4 nitrogen and oxygen atoms in total. The summed E-state index contributed by atoms with van der Waals surface area (Å²) in [5, 5.41) is 7.62. The van der Waals surface area contributed by atoms with E-state index in [0.29, 0.717) is 6.04 Å². The van der Waals surface area contributed by atoms with Crippen LogP contribution in [0.4, 0.5) is 0 Å². The molecule has 0 spiro atoms. The number of hydrogen-bond acceptors (Lipinski definition) is 3. The van der Waals surface area contributed by atoms with E-state index in [0.717, 1.165) is 30.6 Å². The minimum absolute atomic E-state index is 0.425. The summed E-state index contributed by atoms with van der Waals surface area (Å²) in [6.45, 7) is 4.84. The SMILES string of the molecule is COCCCNC(C)Cn1cc(Br)cn1. The van der Waals surface area contributed by atoms with Gasteiger partial charge in [-0.05, 0) is 35.8 Å². The Morgan fingerprint density at radius 2 is 2.47 bits per heavy atom. The lowest BCUT2D eigenvalue weighted by molar-refractivity contribution is 0.193. The van der Waals surface area contributed by atoms with Crippen LogP contribution in [0.1, 0.15) is 13.3 Å². The van der Waals surface area contributed by atoms with Crippen LogP contribution in [0, 0.1) is 0 Å². The van der Waals surface area contributed by atoms with E-state index >= 15 is 0 Å². The third kappa shape index (κ3) is 5.30. The molecule has 0 aliphatic carbocycles. The van der Waals surface area contributed by atoms with Crippen molar-refractivity contribution in [2.75, 3.05) is 20.3 Å². The summed E-state index contributed by atoms with van der Waals surface area (Å²) < 4.78 is 7.93. The quantitative estimate of drug-likeness (QED) is 0.770. The van der Waals surface area contributed by atoms with E-state index in [1.165, 1.54) is 0 Å². The molecule has 0 aliphatic heterocycles. The smallest absolute Gasteiger partial charge is 0.0632 e. The predicted octanol–water partition coefficient (Wildman–Crippen LogP) is 1.66. The van der Waals surface area contributed by atoms with Gasteiger partial charge in [0, 0.05) is 26.0 Å². The fraction of sp³-hybridized carbons (Fsp3) is 0.700. The van der Waals surface area contributed by atoms with Crippen LogP contribution >= 0.6 is 15.9 Å². The number of halogens is 1. The summed E-state index contributed by atoms with van der Waals surface area (Å²) in [5.41, 5.74) is 0. The first-order valence-electron chi connectivity index (χ1n) is 5.12. The van der Waals surface area contributed by atoms with Gasteiger partial charge in [-0.1, -0.05) is 0 Å². The Morgan fingerprint density at radius 1 is 1.67 bits per heavy atom. The van der Waals surface area contributed by atoms with Crippen LogP contribution in [0.5, 0.6) is 0 Å². The molecule has 0 aliphatic rings. The van der Waals surface area contributed by atoms with E-state index in [1.807, 2.05) is 10.9 Å². The number of nitrogens with one attached hydrogen (secondary N) is 1. The van der Waals surface area contributed by atoms with Crippen molar-refractivity contribution in [2.24, 2.45) is 0 Å². The summed E-state index contributed by atoms with van der Waals surface area (Å²) in [6, 6.07) is 0.425. The van der Waals surface area contributed by atoms with Crippen LogP contribution in [0.2, 0.25) is 0 Å². The average molecular weight is 276 g/mol. The Hall–Kier alpha value is -0.390. The Labute approximate surface area is 99.1 Å². The lowest BCUT2D eigenvalue weighted by atomic mass is 10.3. The fourth-order valence-corrected chi connectivity index (χ4v) is 1.68. The molecule has 1 heterocycles. The fourth-order valence-electron chi connectivity index (χ4n) is 1.35. The average Bonchev–Trinajstić information content (AvgIpc) is 2.59. The highest BCUT2D eigenvalue weighted by atomic mass is 79.9. The van der Waals surface area contributed by atoms with Gasteiger partial charge in [-0.2, -0.15) is 5.10 Å². The molecular weight excluding hydrogens is 258 g/mol. The molecule has 0 saturated carbocycles. The van der Waals surface area contributed by atoms with E-state index in [2.05, 4.69) is 33.3 Å². The summed E-state index contributed by atoms with van der Waals surface area (Å²) in [5.74, 6) is 0. The summed E-state index contributed by atoms with van der Waals surface area (Å²) >= 11 is 3.37. The lowest BCUT2D eigenvalue weighted by Crippen LogP contribution is -2.31. The molecular formula is C10H18BrN3O. The number of ether oxygens (including phenoxy) is 1. The molecule has 0 amide bonds. The van der Waals surface area contributed by atoms with Crippen molar-refractivity contribution in [3.63, 3.8) is 0 Å². The summed E-state index contributed by atoms with van der Waals surface area (Å²) in [6.07, 6.45) is 4.83. The number of aromatic nitrogens is 2. The van der Waals surface area contributed by atoms with E-state index in [9.17, 15) is 0 Å². The molecule has 1 aromatic heterocycles. The molecule has 1 atom stereocenters. The van der Waals surface area contributed by atoms with Gasteiger partial charge in [-0.25, -0.2) is 0 Å². The number of nitrogens with zero attached hydrogens (tertiary/aromatic N) is 2. The number of hydrogen-bond donors (Lipinski definition) is 1. The lowest BCUT2D eigenvalue weighted by Gasteiger charge is -2.13. The number of rotatable bonds is 7. The molecule has 86 valence electrons.